The molecule has 0 saturated carbocycles. The third-order valence-electron chi connectivity index (χ3n) is 3.40. The van der Waals surface area contributed by atoms with Gasteiger partial charge in [-0.05, 0) is 63.5 Å². The molecule has 2 aromatic rings. The molecule has 0 aliphatic carbocycles. The molecule has 140 valence electrons. The monoisotopic (exact) mass is 388 g/mol. The van der Waals surface area contributed by atoms with Crippen LogP contribution < -0.4 is 13.6 Å². The number of carbonyl (C=O) groups excluding carboxylic acids is 1. The second-order valence-corrected chi connectivity index (χ2v) is 17.0. The first kappa shape index (κ1) is 20.3. The van der Waals surface area contributed by atoms with Gasteiger partial charge in [-0.1, -0.05) is 12.1 Å². The van der Waals surface area contributed by atoms with Crippen LogP contribution in [0.3, 0.4) is 0 Å². The van der Waals surface area contributed by atoms with Gasteiger partial charge in [-0.25, -0.2) is 0 Å². The van der Waals surface area contributed by atoms with E-state index in [4.69, 9.17) is 13.6 Å². The van der Waals surface area contributed by atoms with Gasteiger partial charge in [0.05, 0.1) is 18.2 Å². The molecular weight excluding hydrogens is 360 g/mol. The molecule has 0 heterocycles. The maximum Gasteiger partial charge on any atom is 0.242 e. The molecule has 6 heteroatoms. The van der Waals surface area contributed by atoms with Gasteiger partial charge in [0, 0.05) is 6.07 Å². The first-order chi connectivity index (χ1) is 12.0. The highest BCUT2D eigenvalue weighted by Crippen LogP contribution is 2.32. The van der Waals surface area contributed by atoms with Crippen LogP contribution >= 0.6 is 0 Å². The van der Waals surface area contributed by atoms with Crippen LogP contribution in [-0.2, 0) is 0 Å². The van der Waals surface area contributed by atoms with Crippen LogP contribution in [0.25, 0.3) is 0 Å². The van der Waals surface area contributed by atoms with Crippen molar-refractivity contribution in [2.24, 2.45) is 0 Å². The number of rotatable bonds is 7. The number of ether oxygens (including phenoxy) is 1. The smallest absolute Gasteiger partial charge is 0.242 e. The zero-order chi connectivity index (χ0) is 19.5. The predicted molar refractivity (Wildman–Crippen MR) is 111 cm³/mol. The highest BCUT2D eigenvalue weighted by molar-refractivity contribution is 6.70. The fourth-order valence-electron chi connectivity index (χ4n) is 2.45. The van der Waals surface area contributed by atoms with Crippen molar-refractivity contribution in [2.45, 2.75) is 39.3 Å². The molecule has 0 atom stereocenters. The molecule has 2 aromatic carbocycles. The van der Waals surface area contributed by atoms with Gasteiger partial charge < -0.3 is 13.6 Å². The van der Waals surface area contributed by atoms with Gasteiger partial charge in [-0.15, -0.1) is 0 Å². The minimum absolute atomic E-state index is 0.102. The van der Waals surface area contributed by atoms with E-state index in [1.807, 2.05) is 18.2 Å². The first-order valence-corrected chi connectivity index (χ1v) is 15.5. The Hall–Kier alpha value is -2.06. The molecule has 0 unspecified atom stereocenters. The van der Waals surface area contributed by atoms with Crippen LogP contribution in [0.4, 0.5) is 0 Å². The molecule has 0 N–H and O–H groups in total. The Balaban J connectivity index is 2.50. The highest BCUT2D eigenvalue weighted by Gasteiger charge is 2.25. The third kappa shape index (κ3) is 5.47. The average Bonchev–Trinajstić information content (AvgIpc) is 2.51. The van der Waals surface area contributed by atoms with E-state index >= 15 is 0 Å². The maximum atomic E-state index is 13.3. The lowest BCUT2D eigenvalue weighted by molar-refractivity contribution is 0.103. The van der Waals surface area contributed by atoms with Gasteiger partial charge in [0.15, 0.2) is 5.78 Å². The molecule has 4 nitrogen and oxygen atoms in total. The Bertz CT molecular complexity index is 789. The number of hydrogen-bond acceptors (Lipinski definition) is 4. The zero-order valence-corrected chi connectivity index (χ0v) is 18.7. The minimum atomic E-state index is -1.90. The molecular formula is C20H28O4Si2. The van der Waals surface area contributed by atoms with Gasteiger partial charge >= 0.3 is 0 Å². The second-order valence-electron chi connectivity index (χ2n) is 8.12. The van der Waals surface area contributed by atoms with E-state index in [1.165, 1.54) is 0 Å². The van der Waals surface area contributed by atoms with Gasteiger partial charge in [0.1, 0.15) is 17.2 Å². The number of para-hydroxylation sites is 1. The van der Waals surface area contributed by atoms with E-state index < -0.39 is 16.6 Å². The van der Waals surface area contributed by atoms with E-state index in [1.54, 1.807) is 31.4 Å². The summed E-state index contributed by atoms with van der Waals surface area (Å²) in [4.78, 5) is 13.3. The standard InChI is InChI=1S/C20H28O4Si2/c1-22-15-12-13-17(19(14-15)24-26(5,6)7)20(21)16-10-8-9-11-18(16)23-25(2,3)4/h8-14H,1-7H3. The van der Waals surface area contributed by atoms with E-state index in [9.17, 15) is 4.79 Å². The predicted octanol–water partition coefficient (Wildman–Crippen LogP) is 5.35. The third-order valence-corrected chi connectivity index (χ3v) is 5.06. The minimum Gasteiger partial charge on any atom is -0.544 e. The summed E-state index contributed by atoms with van der Waals surface area (Å²) in [5, 5.41) is 0. The number of benzene rings is 2. The highest BCUT2D eigenvalue weighted by atomic mass is 28.4. The Morgan fingerprint density at radius 2 is 1.31 bits per heavy atom. The van der Waals surface area contributed by atoms with E-state index in [-0.39, 0.29) is 5.78 Å². The Kier molecular flexibility index (Phi) is 5.98. The number of carbonyl (C=O) groups is 1. The molecule has 0 bridgehead atoms. The van der Waals surface area contributed by atoms with Crippen LogP contribution in [0.1, 0.15) is 15.9 Å². The van der Waals surface area contributed by atoms with E-state index in [0.717, 1.165) is 0 Å². The summed E-state index contributed by atoms with van der Waals surface area (Å²) in [7, 11) is -2.13. The van der Waals surface area contributed by atoms with Crippen molar-refractivity contribution < 1.29 is 18.4 Å². The average molecular weight is 389 g/mol. The summed E-state index contributed by atoms with van der Waals surface area (Å²) in [6.45, 7) is 12.6. The Labute approximate surface area is 158 Å². The number of ketones is 1. The first-order valence-electron chi connectivity index (χ1n) is 8.70. The fraction of sp³-hybridized carbons (Fsp3) is 0.350. The van der Waals surface area contributed by atoms with Gasteiger partial charge in [-0.3, -0.25) is 4.79 Å². The quantitative estimate of drug-likeness (QED) is 0.473. The van der Waals surface area contributed by atoms with Crippen LogP contribution in [0.2, 0.25) is 39.3 Å². The molecule has 0 amide bonds. The SMILES string of the molecule is COc1ccc(C(=O)c2ccccc2O[Si](C)(C)C)c(O[Si](C)(C)C)c1. The van der Waals surface area contributed by atoms with Gasteiger partial charge in [0.2, 0.25) is 16.6 Å². The normalized spacial score (nSPS) is 11.8. The summed E-state index contributed by atoms with van der Waals surface area (Å²) in [6.07, 6.45) is 0. The molecule has 0 fully saturated rings. The summed E-state index contributed by atoms with van der Waals surface area (Å²) < 4.78 is 17.6. The van der Waals surface area contributed by atoms with Crippen LogP contribution in [0.15, 0.2) is 42.5 Å². The zero-order valence-electron chi connectivity index (χ0n) is 16.7. The van der Waals surface area contributed by atoms with Crippen molar-refractivity contribution >= 4 is 22.4 Å². The lowest BCUT2D eigenvalue weighted by Gasteiger charge is -2.23. The van der Waals surface area contributed by atoms with Crippen LogP contribution in [0.5, 0.6) is 17.2 Å². The molecule has 2 rings (SSSR count). The Morgan fingerprint density at radius 1 is 0.769 bits per heavy atom. The molecule has 0 saturated heterocycles. The molecule has 0 aliphatic rings. The molecule has 26 heavy (non-hydrogen) atoms. The summed E-state index contributed by atoms with van der Waals surface area (Å²) in [5.74, 6) is 1.76. The number of hydrogen-bond donors (Lipinski definition) is 0. The van der Waals surface area contributed by atoms with Crippen molar-refractivity contribution in [3.05, 3.63) is 53.6 Å². The van der Waals surface area contributed by atoms with Crippen molar-refractivity contribution in [1.29, 1.82) is 0 Å². The van der Waals surface area contributed by atoms with Crippen LogP contribution in [0, 0.1) is 0 Å². The van der Waals surface area contributed by atoms with Crippen molar-refractivity contribution in [3.8, 4) is 17.2 Å². The largest absolute Gasteiger partial charge is 0.544 e. The van der Waals surface area contributed by atoms with Crippen molar-refractivity contribution in [3.63, 3.8) is 0 Å². The molecule has 0 aromatic heterocycles. The Morgan fingerprint density at radius 3 is 1.88 bits per heavy atom. The molecule has 0 aliphatic heterocycles. The summed E-state index contributed by atoms with van der Waals surface area (Å²) >= 11 is 0. The second kappa shape index (κ2) is 7.67. The lowest BCUT2D eigenvalue weighted by atomic mass is 10.0. The van der Waals surface area contributed by atoms with E-state index in [2.05, 4.69) is 39.3 Å². The fourth-order valence-corrected chi connectivity index (χ4v) is 4.12. The molecule has 0 spiro atoms. The summed E-state index contributed by atoms with van der Waals surface area (Å²) in [6, 6.07) is 12.7. The lowest BCUT2D eigenvalue weighted by Crippen LogP contribution is -2.31. The topological polar surface area (TPSA) is 44.8 Å². The van der Waals surface area contributed by atoms with Crippen molar-refractivity contribution in [1.82, 2.24) is 0 Å². The van der Waals surface area contributed by atoms with Gasteiger partial charge in [-0.2, -0.15) is 0 Å². The van der Waals surface area contributed by atoms with Gasteiger partial charge in [0.25, 0.3) is 0 Å². The number of methoxy groups -OCH3 is 1. The summed E-state index contributed by atoms with van der Waals surface area (Å²) in [5.41, 5.74) is 1.08. The molecule has 0 radical (unpaired) electrons. The van der Waals surface area contributed by atoms with E-state index in [0.29, 0.717) is 28.4 Å². The van der Waals surface area contributed by atoms with Crippen LogP contribution in [-0.4, -0.2) is 29.5 Å². The van der Waals surface area contributed by atoms with Crippen molar-refractivity contribution in [2.75, 3.05) is 7.11 Å². The maximum absolute atomic E-state index is 13.3.